The summed E-state index contributed by atoms with van der Waals surface area (Å²) < 4.78 is 37.7. The Morgan fingerprint density at radius 2 is 1.59 bits per heavy atom. The summed E-state index contributed by atoms with van der Waals surface area (Å²) in [5.74, 6) is 0.696. The molecule has 3 aromatic carbocycles. The van der Waals surface area contributed by atoms with E-state index in [0.717, 1.165) is 71.9 Å². The Labute approximate surface area is 300 Å². The van der Waals surface area contributed by atoms with Crippen LogP contribution in [0.2, 0.25) is 10.0 Å². The summed E-state index contributed by atoms with van der Waals surface area (Å²) >= 11 is 12.6. The number of hydrogen-bond acceptors (Lipinski definition) is 6. The predicted molar refractivity (Wildman–Crippen MR) is 197 cm³/mol. The monoisotopic (exact) mass is 725 g/mol. The van der Waals surface area contributed by atoms with Crippen molar-refractivity contribution < 1.29 is 22.7 Å². The van der Waals surface area contributed by atoms with Crippen LogP contribution in [0.15, 0.2) is 72.9 Å². The number of carbonyl (C=O) groups is 1. The van der Waals surface area contributed by atoms with Crippen molar-refractivity contribution >= 4 is 50.0 Å². The molecule has 1 saturated heterocycles. The first-order chi connectivity index (χ1) is 23.6. The zero-order chi connectivity index (χ0) is 34.8. The van der Waals surface area contributed by atoms with Crippen molar-refractivity contribution in [2.24, 2.45) is 5.92 Å². The molecule has 1 N–H and O–H groups in total. The van der Waals surface area contributed by atoms with Crippen molar-refractivity contribution in [3.05, 3.63) is 105 Å². The molecule has 0 unspecified atom stereocenters. The van der Waals surface area contributed by atoms with E-state index in [9.17, 15) is 13.2 Å². The Balaban J connectivity index is 1.46. The van der Waals surface area contributed by atoms with Crippen LogP contribution in [0.5, 0.6) is 5.75 Å². The number of nitrogens with one attached hydrogen (secondary N) is 1. The van der Waals surface area contributed by atoms with E-state index in [0.29, 0.717) is 48.0 Å². The second-order valence-electron chi connectivity index (χ2n) is 12.6. The quantitative estimate of drug-likeness (QED) is 0.0942. The Morgan fingerprint density at radius 3 is 2.20 bits per heavy atom. The van der Waals surface area contributed by atoms with E-state index < -0.39 is 10.0 Å². The first-order valence-corrected chi connectivity index (χ1v) is 19.6. The third kappa shape index (κ3) is 10.4. The number of sulfonamides is 1. The number of carbonyl (C=O) groups excluding carboxylic acids is 1. The number of benzene rings is 3. The Bertz CT molecular complexity index is 1750. The zero-order valence-corrected chi connectivity index (χ0v) is 30.5. The lowest BCUT2D eigenvalue weighted by Crippen LogP contribution is -2.38. The van der Waals surface area contributed by atoms with E-state index in [1.54, 1.807) is 10.5 Å². The van der Waals surface area contributed by atoms with Gasteiger partial charge in [0, 0.05) is 60.4 Å². The standard InChI is InChI=1S/C38H45Cl2N3O5S/c1-3-21-47-22-4-17-41-36(44)16-23-48-35-26-31(37(28-5-9-32(39)10-6-28)29-7-11-33(40)12-8-29)25-34-30(13-18-42-38(34)35)24-27-14-19-43(20-15-27)49(2,45)46/h5-13,18,25-27,37H,3-4,14-17,19-24H2,1-2H3,(H,41,44). The number of halogens is 2. The van der Waals surface area contributed by atoms with Crippen molar-refractivity contribution in [1.29, 1.82) is 0 Å². The third-order valence-electron chi connectivity index (χ3n) is 8.94. The molecule has 262 valence electrons. The number of nitrogens with zero attached hydrogens (tertiary/aromatic N) is 2. The Hall–Kier alpha value is -3.21. The number of fused-ring (bicyclic) bond motifs is 1. The molecule has 1 aliphatic rings. The minimum atomic E-state index is -3.21. The zero-order valence-electron chi connectivity index (χ0n) is 28.2. The van der Waals surface area contributed by atoms with Crippen LogP contribution in [-0.2, 0) is 26.0 Å². The van der Waals surface area contributed by atoms with E-state index in [-0.39, 0.29) is 24.9 Å². The molecule has 0 aliphatic carbocycles. The van der Waals surface area contributed by atoms with E-state index >= 15 is 0 Å². The number of pyridine rings is 1. The highest BCUT2D eigenvalue weighted by atomic mass is 35.5. The molecule has 0 atom stereocenters. The van der Waals surface area contributed by atoms with E-state index in [1.807, 2.05) is 54.6 Å². The molecule has 5 rings (SSSR count). The smallest absolute Gasteiger partial charge is 0.223 e. The minimum absolute atomic E-state index is 0.0785. The maximum Gasteiger partial charge on any atom is 0.223 e. The van der Waals surface area contributed by atoms with Crippen molar-refractivity contribution in [2.45, 2.75) is 51.4 Å². The van der Waals surface area contributed by atoms with Crippen LogP contribution in [-0.4, -0.2) is 69.3 Å². The van der Waals surface area contributed by atoms with Gasteiger partial charge in [0.2, 0.25) is 15.9 Å². The molecule has 4 aromatic rings. The summed E-state index contributed by atoms with van der Waals surface area (Å²) in [6, 6.07) is 22.0. The number of aromatic nitrogens is 1. The highest BCUT2D eigenvalue weighted by molar-refractivity contribution is 7.88. The SMILES string of the molecule is CCCOCCCNC(=O)CCOc1cc(C(c2ccc(Cl)cc2)c2ccc(Cl)cc2)cc2c(CC3CCN(S(C)(=O)=O)CC3)ccnc12. The van der Waals surface area contributed by atoms with E-state index in [1.165, 1.54) is 6.26 Å². The third-order valence-corrected chi connectivity index (χ3v) is 10.7. The molecule has 8 nitrogen and oxygen atoms in total. The molecular weight excluding hydrogens is 681 g/mol. The van der Waals surface area contributed by atoms with Crippen molar-refractivity contribution in [2.75, 3.05) is 45.7 Å². The molecule has 0 spiro atoms. The molecule has 1 aromatic heterocycles. The van der Waals surface area contributed by atoms with Crippen LogP contribution in [0.25, 0.3) is 10.9 Å². The molecule has 1 fully saturated rings. The number of amides is 1. The van der Waals surface area contributed by atoms with E-state index in [2.05, 4.69) is 24.4 Å². The van der Waals surface area contributed by atoms with Crippen LogP contribution in [0.3, 0.4) is 0 Å². The van der Waals surface area contributed by atoms with Crippen molar-refractivity contribution in [3.63, 3.8) is 0 Å². The van der Waals surface area contributed by atoms with Gasteiger partial charge in [-0.05, 0) is 103 Å². The van der Waals surface area contributed by atoms with Crippen LogP contribution in [0.1, 0.15) is 67.2 Å². The van der Waals surface area contributed by atoms with Gasteiger partial charge in [0.05, 0.1) is 19.3 Å². The highest BCUT2D eigenvalue weighted by Gasteiger charge is 2.26. The molecule has 1 aliphatic heterocycles. The van der Waals surface area contributed by atoms with Gasteiger partial charge in [-0.2, -0.15) is 0 Å². The van der Waals surface area contributed by atoms with Gasteiger partial charge in [-0.3, -0.25) is 9.78 Å². The van der Waals surface area contributed by atoms with E-state index in [4.69, 9.17) is 37.7 Å². The highest BCUT2D eigenvalue weighted by Crippen LogP contribution is 2.39. The molecule has 2 heterocycles. The second kappa shape index (κ2) is 17.6. The van der Waals surface area contributed by atoms with Crippen LogP contribution >= 0.6 is 23.2 Å². The number of hydrogen-bond donors (Lipinski definition) is 1. The minimum Gasteiger partial charge on any atom is -0.491 e. The van der Waals surface area contributed by atoms with Gasteiger partial charge in [0.1, 0.15) is 11.3 Å². The lowest BCUT2D eigenvalue weighted by Gasteiger charge is -2.30. The molecule has 49 heavy (non-hydrogen) atoms. The van der Waals surface area contributed by atoms with Gasteiger partial charge >= 0.3 is 0 Å². The molecule has 0 bridgehead atoms. The maximum absolute atomic E-state index is 12.6. The number of ether oxygens (including phenoxy) is 2. The summed E-state index contributed by atoms with van der Waals surface area (Å²) in [5, 5.41) is 5.24. The average molecular weight is 727 g/mol. The largest absolute Gasteiger partial charge is 0.491 e. The topological polar surface area (TPSA) is 97.8 Å². The Morgan fingerprint density at radius 1 is 0.939 bits per heavy atom. The Kier molecular flexibility index (Phi) is 13.3. The van der Waals surface area contributed by atoms with Gasteiger partial charge in [0.15, 0.2) is 0 Å². The second-order valence-corrected chi connectivity index (χ2v) is 15.5. The first kappa shape index (κ1) is 37.1. The van der Waals surface area contributed by atoms with Gasteiger partial charge in [-0.15, -0.1) is 0 Å². The normalized spacial score (nSPS) is 14.4. The number of rotatable bonds is 16. The van der Waals surface area contributed by atoms with Crippen molar-refractivity contribution in [1.82, 2.24) is 14.6 Å². The summed E-state index contributed by atoms with van der Waals surface area (Å²) in [6.45, 7) is 5.21. The van der Waals surface area contributed by atoms with Gasteiger partial charge < -0.3 is 14.8 Å². The lowest BCUT2D eigenvalue weighted by atomic mass is 9.83. The van der Waals surface area contributed by atoms with Crippen molar-refractivity contribution in [3.8, 4) is 5.75 Å². The van der Waals surface area contributed by atoms with Gasteiger partial charge in [-0.1, -0.05) is 54.4 Å². The molecular formula is C38H45Cl2N3O5S. The van der Waals surface area contributed by atoms with Gasteiger partial charge in [-0.25, -0.2) is 12.7 Å². The molecule has 1 amide bonds. The fraction of sp³-hybridized carbons (Fsp3) is 0.421. The van der Waals surface area contributed by atoms with Crippen LogP contribution in [0.4, 0.5) is 0 Å². The summed E-state index contributed by atoms with van der Waals surface area (Å²) in [5.41, 5.74) is 4.97. The molecule has 0 saturated carbocycles. The fourth-order valence-electron chi connectivity index (χ4n) is 6.39. The summed E-state index contributed by atoms with van der Waals surface area (Å²) in [7, 11) is -3.21. The lowest BCUT2D eigenvalue weighted by molar-refractivity contribution is -0.121. The maximum atomic E-state index is 12.6. The van der Waals surface area contributed by atoms with Crippen LogP contribution < -0.4 is 10.1 Å². The average Bonchev–Trinajstić information content (AvgIpc) is 3.08. The summed E-state index contributed by atoms with van der Waals surface area (Å²) in [4.78, 5) is 17.4. The number of piperidine rings is 1. The van der Waals surface area contributed by atoms with Crippen LogP contribution in [0, 0.1) is 5.92 Å². The van der Waals surface area contributed by atoms with Gasteiger partial charge in [0.25, 0.3) is 0 Å². The summed E-state index contributed by atoms with van der Waals surface area (Å²) in [6.07, 6.45) is 7.39. The fourth-order valence-corrected chi connectivity index (χ4v) is 7.51. The first-order valence-electron chi connectivity index (χ1n) is 17.0. The molecule has 11 heteroatoms. The predicted octanol–water partition coefficient (Wildman–Crippen LogP) is 7.64. The molecule has 0 radical (unpaired) electrons.